The summed E-state index contributed by atoms with van der Waals surface area (Å²) in [4.78, 5) is 22.1. The van der Waals surface area contributed by atoms with E-state index in [-0.39, 0.29) is 5.91 Å². The Kier molecular flexibility index (Phi) is 4.45. The smallest absolute Gasteiger partial charge is 0.254 e. The van der Waals surface area contributed by atoms with Crippen LogP contribution in [0.1, 0.15) is 21.6 Å². The minimum absolute atomic E-state index is 0.146. The van der Waals surface area contributed by atoms with Crippen LogP contribution in [0.15, 0.2) is 54.6 Å². The topological polar surface area (TPSA) is 48.5 Å². The summed E-state index contributed by atoms with van der Waals surface area (Å²) < 4.78 is 0. The standard InChI is InChI=1S/C23H24N4O/c28-23-19-5-3-7-22(26-14-11-24-12-15-26)20(19)16-27(23)13-10-18-9-8-17-4-1-2-6-21(17)25-18/h1-9,24H,10-16H2. The molecular formula is C23H24N4O. The van der Waals surface area contributed by atoms with E-state index in [0.717, 1.165) is 54.8 Å². The largest absolute Gasteiger partial charge is 0.369 e. The highest BCUT2D eigenvalue weighted by Crippen LogP contribution is 2.32. The molecule has 5 rings (SSSR count). The molecule has 142 valence electrons. The summed E-state index contributed by atoms with van der Waals surface area (Å²) in [5.74, 6) is 0.146. The van der Waals surface area contributed by atoms with E-state index < -0.39 is 0 Å². The summed E-state index contributed by atoms with van der Waals surface area (Å²) in [5.41, 5.74) is 5.31. The molecule has 1 fully saturated rings. The average Bonchev–Trinajstić information content (AvgIpc) is 3.08. The van der Waals surface area contributed by atoms with Gasteiger partial charge in [-0.2, -0.15) is 0 Å². The monoisotopic (exact) mass is 372 g/mol. The van der Waals surface area contributed by atoms with Crippen molar-refractivity contribution in [3.05, 3.63) is 71.4 Å². The first-order valence-electron chi connectivity index (χ1n) is 10.0. The first-order chi connectivity index (χ1) is 13.8. The number of benzene rings is 2. The van der Waals surface area contributed by atoms with Crippen LogP contribution in [-0.2, 0) is 13.0 Å². The van der Waals surface area contributed by atoms with Crippen molar-refractivity contribution in [2.75, 3.05) is 37.6 Å². The van der Waals surface area contributed by atoms with Gasteiger partial charge in [0.05, 0.1) is 5.52 Å². The van der Waals surface area contributed by atoms with E-state index in [1.54, 1.807) is 0 Å². The number of carbonyl (C=O) groups is 1. The summed E-state index contributed by atoms with van der Waals surface area (Å²) in [7, 11) is 0. The molecule has 1 N–H and O–H groups in total. The lowest BCUT2D eigenvalue weighted by Gasteiger charge is -2.31. The molecule has 2 aromatic carbocycles. The molecule has 0 bridgehead atoms. The lowest BCUT2D eigenvalue weighted by atomic mass is 10.1. The minimum Gasteiger partial charge on any atom is -0.369 e. The van der Waals surface area contributed by atoms with Gasteiger partial charge in [0, 0.05) is 73.6 Å². The third-order valence-electron chi connectivity index (χ3n) is 5.77. The molecule has 1 amide bonds. The van der Waals surface area contributed by atoms with E-state index in [2.05, 4.69) is 34.5 Å². The van der Waals surface area contributed by atoms with Gasteiger partial charge in [0.2, 0.25) is 0 Å². The summed E-state index contributed by atoms with van der Waals surface area (Å²) in [6, 6.07) is 18.5. The van der Waals surface area contributed by atoms with Crippen molar-refractivity contribution in [1.29, 1.82) is 0 Å². The molecule has 0 spiro atoms. The van der Waals surface area contributed by atoms with Crippen molar-refractivity contribution in [1.82, 2.24) is 15.2 Å². The maximum atomic E-state index is 12.9. The fraction of sp³-hybridized carbons (Fsp3) is 0.304. The number of nitrogens with zero attached hydrogens (tertiary/aromatic N) is 3. The Morgan fingerprint density at radius 2 is 1.82 bits per heavy atom. The molecule has 3 heterocycles. The number of aromatic nitrogens is 1. The zero-order chi connectivity index (χ0) is 18.9. The van der Waals surface area contributed by atoms with Gasteiger partial charge in [-0.3, -0.25) is 9.78 Å². The zero-order valence-corrected chi connectivity index (χ0v) is 15.9. The number of para-hydroxylation sites is 1. The number of fused-ring (bicyclic) bond motifs is 2. The molecule has 3 aromatic rings. The second-order valence-electron chi connectivity index (χ2n) is 7.51. The van der Waals surface area contributed by atoms with E-state index in [0.29, 0.717) is 13.1 Å². The van der Waals surface area contributed by atoms with Crippen molar-refractivity contribution < 1.29 is 4.79 Å². The number of amides is 1. The second-order valence-corrected chi connectivity index (χ2v) is 7.51. The normalized spacial score (nSPS) is 16.6. The van der Waals surface area contributed by atoms with Crippen LogP contribution in [0.3, 0.4) is 0 Å². The summed E-state index contributed by atoms with van der Waals surface area (Å²) >= 11 is 0. The van der Waals surface area contributed by atoms with Gasteiger partial charge in [-0.15, -0.1) is 0 Å². The van der Waals surface area contributed by atoms with Crippen LogP contribution in [-0.4, -0.2) is 48.5 Å². The number of piperazine rings is 1. The maximum Gasteiger partial charge on any atom is 0.254 e. The van der Waals surface area contributed by atoms with Gasteiger partial charge in [-0.25, -0.2) is 0 Å². The Balaban J connectivity index is 1.33. The van der Waals surface area contributed by atoms with Crippen LogP contribution in [0.2, 0.25) is 0 Å². The van der Waals surface area contributed by atoms with E-state index >= 15 is 0 Å². The molecule has 2 aliphatic heterocycles. The Labute approximate surface area is 165 Å². The molecule has 1 saturated heterocycles. The van der Waals surface area contributed by atoms with Crippen molar-refractivity contribution in [3.8, 4) is 0 Å². The summed E-state index contributed by atoms with van der Waals surface area (Å²) in [6.45, 7) is 5.36. The van der Waals surface area contributed by atoms with Gasteiger partial charge in [0.15, 0.2) is 0 Å². The minimum atomic E-state index is 0.146. The summed E-state index contributed by atoms with van der Waals surface area (Å²) in [5, 5.41) is 4.54. The van der Waals surface area contributed by atoms with Gasteiger partial charge in [-0.05, 0) is 24.3 Å². The van der Waals surface area contributed by atoms with Crippen LogP contribution in [0, 0.1) is 0 Å². The van der Waals surface area contributed by atoms with Crippen LogP contribution in [0.4, 0.5) is 5.69 Å². The van der Waals surface area contributed by atoms with Crippen LogP contribution < -0.4 is 10.2 Å². The number of anilines is 1. The van der Waals surface area contributed by atoms with Crippen LogP contribution >= 0.6 is 0 Å². The number of carbonyl (C=O) groups excluding carboxylic acids is 1. The number of rotatable bonds is 4. The van der Waals surface area contributed by atoms with Gasteiger partial charge < -0.3 is 15.1 Å². The molecule has 0 saturated carbocycles. The van der Waals surface area contributed by atoms with E-state index in [1.807, 2.05) is 35.2 Å². The van der Waals surface area contributed by atoms with E-state index in [9.17, 15) is 4.79 Å². The van der Waals surface area contributed by atoms with Gasteiger partial charge >= 0.3 is 0 Å². The predicted molar refractivity (Wildman–Crippen MR) is 112 cm³/mol. The zero-order valence-electron chi connectivity index (χ0n) is 15.9. The predicted octanol–water partition coefficient (Wildman–Crippen LogP) is 2.84. The molecular weight excluding hydrogens is 348 g/mol. The number of hydrogen-bond donors (Lipinski definition) is 1. The highest BCUT2D eigenvalue weighted by atomic mass is 16.2. The number of nitrogens with one attached hydrogen (secondary N) is 1. The third kappa shape index (κ3) is 3.12. The molecule has 0 aliphatic carbocycles. The highest BCUT2D eigenvalue weighted by Gasteiger charge is 2.30. The van der Waals surface area contributed by atoms with Crippen molar-refractivity contribution >= 4 is 22.5 Å². The SMILES string of the molecule is O=C1c2cccc(N3CCNCC3)c2CN1CCc1ccc2ccccc2n1. The Morgan fingerprint density at radius 3 is 2.71 bits per heavy atom. The molecule has 5 nitrogen and oxygen atoms in total. The molecule has 2 aliphatic rings. The van der Waals surface area contributed by atoms with E-state index in [1.165, 1.54) is 11.3 Å². The van der Waals surface area contributed by atoms with Crippen LogP contribution in [0.5, 0.6) is 0 Å². The fourth-order valence-corrected chi connectivity index (χ4v) is 4.25. The first-order valence-corrected chi connectivity index (χ1v) is 10.0. The Morgan fingerprint density at radius 1 is 0.964 bits per heavy atom. The second kappa shape index (κ2) is 7.24. The van der Waals surface area contributed by atoms with Gasteiger partial charge in [0.1, 0.15) is 0 Å². The first kappa shape index (κ1) is 17.2. The Bertz CT molecular complexity index is 1030. The lowest BCUT2D eigenvalue weighted by molar-refractivity contribution is 0.0780. The lowest BCUT2D eigenvalue weighted by Crippen LogP contribution is -2.43. The number of pyridine rings is 1. The van der Waals surface area contributed by atoms with Gasteiger partial charge in [-0.1, -0.05) is 30.3 Å². The molecule has 5 heteroatoms. The number of hydrogen-bond acceptors (Lipinski definition) is 4. The van der Waals surface area contributed by atoms with E-state index in [4.69, 9.17) is 4.98 Å². The quantitative estimate of drug-likeness (QED) is 0.765. The van der Waals surface area contributed by atoms with Crippen molar-refractivity contribution in [2.45, 2.75) is 13.0 Å². The summed E-state index contributed by atoms with van der Waals surface area (Å²) in [6.07, 6.45) is 0.771. The molecule has 0 atom stereocenters. The molecule has 0 unspecified atom stereocenters. The van der Waals surface area contributed by atoms with Crippen molar-refractivity contribution in [2.24, 2.45) is 0 Å². The fourth-order valence-electron chi connectivity index (χ4n) is 4.25. The van der Waals surface area contributed by atoms with Gasteiger partial charge in [0.25, 0.3) is 5.91 Å². The molecule has 1 aromatic heterocycles. The van der Waals surface area contributed by atoms with Crippen LogP contribution in [0.25, 0.3) is 10.9 Å². The Hall–Kier alpha value is -2.92. The third-order valence-corrected chi connectivity index (χ3v) is 5.77. The maximum absolute atomic E-state index is 12.9. The highest BCUT2D eigenvalue weighted by molar-refractivity contribution is 6.00. The van der Waals surface area contributed by atoms with Crippen molar-refractivity contribution in [3.63, 3.8) is 0 Å². The average molecular weight is 372 g/mol. The molecule has 28 heavy (non-hydrogen) atoms. The molecule has 0 radical (unpaired) electrons.